The Hall–Kier alpha value is -1.75. The summed E-state index contributed by atoms with van der Waals surface area (Å²) in [4.78, 5) is 3.91. The molecule has 2 aromatic heterocycles. The fraction of sp³-hybridized carbons (Fsp3) is 0.200. The van der Waals surface area contributed by atoms with E-state index in [9.17, 15) is 0 Å². The molecule has 0 saturated carbocycles. The quantitative estimate of drug-likeness (QED) is 0.879. The second kappa shape index (κ2) is 4.85. The van der Waals surface area contributed by atoms with Crippen LogP contribution >= 0.6 is 11.6 Å². The van der Waals surface area contributed by atoms with Crippen LogP contribution in [0.2, 0.25) is 5.02 Å². The van der Waals surface area contributed by atoms with Crippen molar-refractivity contribution in [2.75, 3.05) is 12.3 Å². The number of hydrogen-bond donors (Lipinski definition) is 1. The third kappa shape index (κ3) is 2.87. The standard InChI is InChI=1S/C10H11ClN4O/c11-8-3-10(6-13-4-8)16-2-1-15-7-9(12)5-14-15/h3-7H,1-2,12H2. The van der Waals surface area contributed by atoms with Gasteiger partial charge in [0.1, 0.15) is 12.4 Å². The molecule has 2 aromatic rings. The Morgan fingerprint density at radius 3 is 2.94 bits per heavy atom. The van der Waals surface area contributed by atoms with E-state index in [0.29, 0.717) is 29.6 Å². The van der Waals surface area contributed by atoms with Gasteiger partial charge in [-0.1, -0.05) is 11.6 Å². The second-order valence-corrected chi connectivity index (χ2v) is 3.66. The predicted octanol–water partition coefficient (Wildman–Crippen LogP) is 1.59. The van der Waals surface area contributed by atoms with Crippen molar-refractivity contribution in [1.29, 1.82) is 0 Å². The average molecular weight is 239 g/mol. The van der Waals surface area contributed by atoms with E-state index in [1.165, 1.54) is 0 Å². The van der Waals surface area contributed by atoms with E-state index in [1.54, 1.807) is 35.5 Å². The maximum Gasteiger partial charge on any atom is 0.139 e. The minimum Gasteiger partial charge on any atom is -0.490 e. The lowest BCUT2D eigenvalue weighted by Gasteiger charge is -2.05. The molecule has 16 heavy (non-hydrogen) atoms. The molecule has 0 aromatic carbocycles. The number of ether oxygens (including phenoxy) is 1. The summed E-state index contributed by atoms with van der Waals surface area (Å²) in [5.41, 5.74) is 6.17. The van der Waals surface area contributed by atoms with Crippen LogP contribution in [-0.4, -0.2) is 21.4 Å². The first-order valence-corrected chi connectivity index (χ1v) is 5.13. The summed E-state index contributed by atoms with van der Waals surface area (Å²) in [6.07, 6.45) is 6.52. The highest BCUT2D eigenvalue weighted by Gasteiger charge is 1.97. The second-order valence-electron chi connectivity index (χ2n) is 3.22. The molecule has 0 radical (unpaired) electrons. The van der Waals surface area contributed by atoms with Gasteiger partial charge in [0.15, 0.2) is 0 Å². The Labute approximate surface area is 97.8 Å². The third-order valence-corrected chi connectivity index (χ3v) is 2.13. The van der Waals surface area contributed by atoms with Gasteiger partial charge in [0, 0.05) is 18.5 Å². The van der Waals surface area contributed by atoms with Crippen molar-refractivity contribution in [3.63, 3.8) is 0 Å². The molecule has 0 bridgehead atoms. The number of pyridine rings is 1. The van der Waals surface area contributed by atoms with Crippen LogP contribution in [0.4, 0.5) is 5.69 Å². The number of halogens is 1. The van der Waals surface area contributed by atoms with Crippen LogP contribution in [-0.2, 0) is 6.54 Å². The Morgan fingerprint density at radius 2 is 2.25 bits per heavy atom. The lowest BCUT2D eigenvalue weighted by Crippen LogP contribution is -2.08. The van der Waals surface area contributed by atoms with Crippen molar-refractivity contribution in [1.82, 2.24) is 14.8 Å². The van der Waals surface area contributed by atoms with Gasteiger partial charge in [0.2, 0.25) is 0 Å². The van der Waals surface area contributed by atoms with Gasteiger partial charge in [-0.15, -0.1) is 0 Å². The first kappa shape index (κ1) is 10.8. The zero-order valence-electron chi connectivity index (χ0n) is 8.51. The number of nitrogens with zero attached hydrogens (tertiary/aromatic N) is 3. The summed E-state index contributed by atoms with van der Waals surface area (Å²) in [5.74, 6) is 0.646. The van der Waals surface area contributed by atoms with Crippen molar-refractivity contribution in [3.8, 4) is 5.75 Å². The minimum absolute atomic E-state index is 0.489. The van der Waals surface area contributed by atoms with Crippen molar-refractivity contribution in [2.45, 2.75) is 6.54 Å². The van der Waals surface area contributed by atoms with Gasteiger partial charge in [-0.05, 0) is 0 Å². The molecule has 2 heterocycles. The minimum atomic E-state index is 0.489. The molecule has 2 N–H and O–H groups in total. The van der Waals surface area contributed by atoms with Crippen LogP contribution in [0.1, 0.15) is 0 Å². The van der Waals surface area contributed by atoms with Gasteiger partial charge >= 0.3 is 0 Å². The average Bonchev–Trinajstić information content (AvgIpc) is 2.64. The fourth-order valence-electron chi connectivity index (χ4n) is 1.23. The highest BCUT2D eigenvalue weighted by Crippen LogP contribution is 2.14. The molecule has 0 aliphatic carbocycles. The molecule has 0 amide bonds. The van der Waals surface area contributed by atoms with Gasteiger partial charge in [-0.25, -0.2) is 0 Å². The summed E-state index contributed by atoms with van der Waals surface area (Å²) in [6, 6.07) is 1.71. The molecule has 0 fully saturated rings. The summed E-state index contributed by atoms with van der Waals surface area (Å²) in [7, 11) is 0. The van der Waals surface area contributed by atoms with Gasteiger partial charge in [-0.2, -0.15) is 5.10 Å². The molecule has 0 atom stereocenters. The van der Waals surface area contributed by atoms with E-state index in [4.69, 9.17) is 22.1 Å². The Morgan fingerprint density at radius 1 is 1.38 bits per heavy atom. The zero-order chi connectivity index (χ0) is 11.4. The zero-order valence-corrected chi connectivity index (χ0v) is 9.26. The van der Waals surface area contributed by atoms with E-state index >= 15 is 0 Å². The molecule has 0 spiro atoms. The highest BCUT2D eigenvalue weighted by atomic mass is 35.5. The van der Waals surface area contributed by atoms with E-state index in [1.807, 2.05) is 0 Å². The molecule has 0 unspecified atom stereocenters. The number of anilines is 1. The van der Waals surface area contributed by atoms with E-state index < -0.39 is 0 Å². The number of nitrogen functional groups attached to an aromatic ring is 1. The molecule has 0 saturated heterocycles. The number of hydrogen-bond acceptors (Lipinski definition) is 4. The molecule has 5 nitrogen and oxygen atoms in total. The van der Waals surface area contributed by atoms with Crippen molar-refractivity contribution < 1.29 is 4.74 Å². The smallest absolute Gasteiger partial charge is 0.139 e. The summed E-state index contributed by atoms with van der Waals surface area (Å²) in [6.45, 7) is 1.12. The van der Waals surface area contributed by atoms with Crippen molar-refractivity contribution in [3.05, 3.63) is 35.9 Å². The van der Waals surface area contributed by atoms with Crippen LogP contribution in [0.3, 0.4) is 0 Å². The molecular formula is C10H11ClN4O. The molecule has 0 aliphatic rings. The predicted molar refractivity (Wildman–Crippen MR) is 61.4 cm³/mol. The van der Waals surface area contributed by atoms with Crippen LogP contribution in [0, 0.1) is 0 Å². The summed E-state index contributed by atoms with van der Waals surface area (Å²) >= 11 is 5.77. The number of aromatic nitrogens is 3. The lowest BCUT2D eigenvalue weighted by molar-refractivity contribution is 0.290. The highest BCUT2D eigenvalue weighted by molar-refractivity contribution is 6.30. The first-order valence-electron chi connectivity index (χ1n) is 4.75. The van der Waals surface area contributed by atoms with Crippen LogP contribution in [0.25, 0.3) is 0 Å². The summed E-state index contributed by atoms with van der Waals surface area (Å²) < 4.78 is 7.17. The van der Waals surface area contributed by atoms with E-state index in [0.717, 1.165) is 0 Å². The Kier molecular flexibility index (Phi) is 3.26. The lowest BCUT2D eigenvalue weighted by atomic mass is 10.4. The Balaban J connectivity index is 1.84. The normalized spacial score (nSPS) is 10.3. The van der Waals surface area contributed by atoms with E-state index in [-0.39, 0.29) is 0 Å². The number of nitrogens with two attached hydrogens (primary N) is 1. The summed E-state index contributed by atoms with van der Waals surface area (Å²) in [5, 5.41) is 4.59. The first-order chi connectivity index (χ1) is 7.74. The molecule has 84 valence electrons. The molecule has 0 aliphatic heterocycles. The van der Waals surface area contributed by atoms with Gasteiger partial charge < -0.3 is 10.5 Å². The SMILES string of the molecule is Nc1cnn(CCOc2cncc(Cl)c2)c1. The third-order valence-electron chi connectivity index (χ3n) is 1.92. The van der Waals surface area contributed by atoms with Gasteiger partial charge in [0.05, 0.1) is 29.6 Å². The van der Waals surface area contributed by atoms with Crippen LogP contribution < -0.4 is 10.5 Å². The van der Waals surface area contributed by atoms with Crippen LogP contribution in [0.15, 0.2) is 30.9 Å². The Bertz CT molecular complexity index is 471. The molecular weight excluding hydrogens is 228 g/mol. The van der Waals surface area contributed by atoms with E-state index in [2.05, 4.69) is 10.1 Å². The van der Waals surface area contributed by atoms with Crippen LogP contribution in [0.5, 0.6) is 5.75 Å². The molecule has 2 rings (SSSR count). The monoisotopic (exact) mass is 238 g/mol. The number of rotatable bonds is 4. The van der Waals surface area contributed by atoms with Gasteiger partial charge in [-0.3, -0.25) is 9.67 Å². The largest absolute Gasteiger partial charge is 0.490 e. The van der Waals surface area contributed by atoms with Crippen molar-refractivity contribution >= 4 is 17.3 Å². The van der Waals surface area contributed by atoms with Crippen molar-refractivity contribution in [2.24, 2.45) is 0 Å². The fourth-order valence-corrected chi connectivity index (χ4v) is 1.39. The topological polar surface area (TPSA) is 66.0 Å². The maximum atomic E-state index is 5.77. The molecule has 6 heteroatoms. The van der Waals surface area contributed by atoms with Gasteiger partial charge in [0.25, 0.3) is 0 Å². The maximum absolute atomic E-state index is 5.77.